The first kappa shape index (κ1) is 13.1. The molecule has 0 bridgehead atoms. The molecule has 1 N–H and O–H groups in total. The zero-order valence-corrected chi connectivity index (χ0v) is 9.99. The van der Waals surface area contributed by atoms with Crippen LogP contribution in [0.25, 0.3) is 0 Å². The molecule has 0 amide bonds. The fourth-order valence-electron chi connectivity index (χ4n) is 1.07. The van der Waals surface area contributed by atoms with E-state index in [1.165, 1.54) is 12.2 Å². The van der Waals surface area contributed by atoms with E-state index in [-0.39, 0.29) is 0 Å². The highest BCUT2D eigenvalue weighted by Gasteiger charge is 2.06. The van der Waals surface area contributed by atoms with Crippen LogP contribution in [0, 0.1) is 0 Å². The molecule has 1 atom stereocenters. The van der Waals surface area contributed by atoms with Crippen molar-refractivity contribution in [3.8, 4) is 0 Å². The minimum absolute atomic E-state index is 0.616. The van der Waals surface area contributed by atoms with Gasteiger partial charge in [0.25, 0.3) is 0 Å². The Morgan fingerprint density at radius 2 is 2.15 bits per heavy atom. The van der Waals surface area contributed by atoms with E-state index < -0.39 is 0 Å². The highest BCUT2D eigenvalue weighted by atomic mass is 32.2. The van der Waals surface area contributed by atoms with E-state index in [9.17, 15) is 0 Å². The summed E-state index contributed by atoms with van der Waals surface area (Å²) in [5, 5.41) is 4.27. The summed E-state index contributed by atoms with van der Waals surface area (Å²) in [6.45, 7) is 11.6. The molecule has 0 saturated heterocycles. The molecule has 0 aliphatic heterocycles. The minimum atomic E-state index is 0.616. The van der Waals surface area contributed by atoms with Gasteiger partial charge in [-0.3, -0.25) is 0 Å². The standard InChI is InChI=1S/C11H23NS/c1-5-7-11(12-8-6-2)9-13-10(3)4/h5,10-12H,1,6-9H2,2-4H3. The lowest BCUT2D eigenvalue weighted by Crippen LogP contribution is -2.31. The van der Waals surface area contributed by atoms with Gasteiger partial charge in [-0.05, 0) is 24.6 Å². The summed E-state index contributed by atoms with van der Waals surface area (Å²) in [5.41, 5.74) is 0. The molecule has 78 valence electrons. The molecule has 0 aliphatic carbocycles. The molecular weight excluding hydrogens is 178 g/mol. The number of nitrogens with one attached hydrogen (secondary N) is 1. The lowest BCUT2D eigenvalue weighted by Gasteiger charge is -2.17. The zero-order valence-electron chi connectivity index (χ0n) is 9.18. The molecule has 0 aromatic heterocycles. The van der Waals surface area contributed by atoms with Crippen LogP contribution in [0.5, 0.6) is 0 Å². The van der Waals surface area contributed by atoms with Crippen molar-refractivity contribution < 1.29 is 0 Å². The molecule has 0 spiro atoms. The quantitative estimate of drug-likeness (QED) is 0.606. The topological polar surface area (TPSA) is 12.0 Å². The van der Waals surface area contributed by atoms with Gasteiger partial charge in [-0.2, -0.15) is 11.8 Å². The molecule has 0 heterocycles. The first-order valence-electron chi connectivity index (χ1n) is 5.16. The van der Waals surface area contributed by atoms with Crippen molar-refractivity contribution in [1.29, 1.82) is 0 Å². The molecule has 1 unspecified atom stereocenters. The van der Waals surface area contributed by atoms with Gasteiger partial charge in [0.15, 0.2) is 0 Å². The molecule has 1 nitrogen and oxygen atoms in total. The monoisotopic (exact) mass is 201 g/mol. The average molecular weight is 201 g/mol. The van der Waals surface area contributed by atoms with Gasteiger partial charge in [0.1, 0.15) is 0 Å². The number of hydrogen-bond acceptors (Lipinski definition) is 2. The maximum atomic E-state index is 3.79. The molecule has 0 aromatic rings. The second kappa shape index (κ2) is 8.64. The molecule has 0 radical (unpaired) electrons. The molecule has 13 heavy (non-hydrogen) atoms. The maximum Gasteiger partial charge on any atom is 0.0192 e. The van der Waals surface area contributed by atoms with Crippen LogP contribution in [-0.2, 0) is 0 Å². The van der Waals surface area contributed by atoms with Crippen molar-refractivity contribution in [3.63, 3.8) is 0 Å². The summed E-state index contributed by atoms with van der Waals surface area (Å²) < 4.78 is 0. The van der Waals surface area contributed by atoms with Crippen molar-refractivity contribution >= 4 is 11.8 Å². The second-order valence-electron chi connectivity index (χ2n) is 3.56. The van der Waals surface area contributed by atoms with Crippen LogP contribution >= 0.6 is 11.8 Å². The Labute approximate surface area is 87.4 Å². The van der Waals surface area contributed by atoms with Gasteiger partial charge in [-0.25, -0.2) is 0 Å². The summed E-state index contributed by atoms with van der Waals surface area (Å²) in [6, 6.07) is 0.616. The van der Waals surface area contributed by atoms with Crippen LogP contribution in [0.4, 0.5) is 0 Å². The normalized spacial score (nSPS) is 13.2. The lowest BCUT2D eigenvalue weighted by atomic mass is 10.2. The van der Waals surface area contributed by atoms with E-state index >= 15 is 0 Å². The number of rotatable bonds is 8. The van der Waals surface area contributed by atoms with E-state index in [1.807, 2.05) is 17.8 Å². The summed E-state index contributed by atoms with van der Waals surface area (Å²) in [7, 11) is 0. The smallest absolute Gasteiger partial charge is 0.0192 e. The molecule has 0 saturated carbocycles. The molecule has 0 aliphatic rings. The summed E-state index contributed by atoms with van der Waals surface area (Å²) in [6.07, 6.45) is 4.30. The van der Waals surface area contributed by atoms with Gasteiger partial charge in [0.2, 0.25) is 0 Å². The Hall–Kier alpha value is 0.0500. The van der Waals surface area contributed by atoms with E-state index in [0.717, 1.165) is 18.2 Å². The first-order chi connectivity index (χ1) is 6.20. The van der Waals surface area contributed by atoms with Crippen molar-refractivity contribution in [1.82, 2.24) is 5.32 Å². The largest absolute Gasteiger partial charge is 0.313 e. The fourth-order valence-corrected chi connectivity index (χ4v) is 1.94. The second-order valence-corrected chi connectivity index (χ2v) is 5.17. The lowest BCUT2D eigenvalue weighted by molar-refractivity contribution is 0.557. The van der Waals surface area contributed by atoms with Crippen molar-refractivity contribution in [2.75, 3.05) is 12.3 Å². The molecule has 0 fully saturated rings. The summed E-state index contributed by atoms with van der Waals surface area (Å²) in [5.74, 6) is 1.20. The van der Waals surface area contributed by atoms with E-state index in [2.05, 4.69) is 32.7 Å². The Morgan fingerprint density at radius 1 is 1.46 bits per heavy atom. The van der Waals surface area contributed by atoms with Crippen LogP contribution in [0.2, 0.25) is 0 Å². The highest BCUT2D eigenvalue weighted by molar-refractivity contribution is 7.99. The molecule has 0 aromatic carbocycles. The van der Waals surface area contributed by atoms with Crippen LogP contribution in [0.3, 0.4) is 0 Å². The van der Waals surface area contributed by atoms with Crippen LogP contribution in [0.15, 0.2) is 12.7 Å². The van der Waals surface area contributed by atoms with Crippen LogP contribution < -0.4 is 5.32 Å². The summed E-state index contributed by atoms with van der Waals surface area (Å²) >= 11 is 2.02. The highest BCUT2D eigenvalue weighted by Crippen LogP contribution is 2.12. The maximum absolute atomic E-state index is 3.79. The zero-order chi connectivity index (χ0) is 10.1. The van der Waals surface area contributed by atoms with Crippen LogP contribution in [-0.4, -0.2) is 23.6 Å². The number of hydrogen-bond donors (Lipinski definition) is 1. The van der Waals surface area contributed by atoms with Gasteiger partial charge >= 0.3 is 0 Å². The van der Waals surface area contributed by atoms with Gasteiger partial charge in [0, 0.05) is 11.8 Å². The third-order valence-electron chi connectivity index (χ3n) is 1.76. The first-order valence-corrected chi connectivity index (χ1v) is 6.21. The Kier molecular flexibility index (Phi) is 8.67. The van der Waals surface area contributed by atoms with Gasteiger partial charge in [0.05, 0.1) is 0 Å². The van der Waals surface area contributed by atoms with E-state index in [1.54, 1.807) is 0 Å². The molecule has 0 rings (SSSR count). The minimum Gasteiger partial charge on any atom is -0.313 e. The Bertz CT molecular complexity index is 123. The van der Waals surface area contributed by atoms with Gasteiger partial charge in [-0.15, -0.1) is 6.58 Å². The predicted molar refractivity (Wildman–Crippen MR) is 64.5 cm³/mol. The van der Waals surface area contributed by atoms with E-state index in [4.69, 9.17) is 0 Å². The van der Waals surface area contributed by atoms with Crippen molar-refractivity contribution in [2.24, 2.45) is 0 Å². The predicted octanol–water partition coefficient (Wildman–Crippen LogP) is 3.07. The third kappa shape index (κ3) is 8.38. The molecule has 2 heteroatoms. The van der Waals surface area contributed by atoms with Crippen molar-refractivity contribution in [3.05, 3.63) is 12.7 Å². The average Bonchev–Trinajstić information content (AvgIpc) is 2.09. The van der Waals surface area contributed by atoms with Gasteiger partial charge < -0.3 is 5.32 Å². The van der Waals surface area contributed by atoms with Gasteiger partial charge in [-0.1, -0.05) is 26.8 Å². The fraction of sp³-hybridized carbons (Fsp3) is 0.818. The van der Waals surface area contributed by atoms with Crippen LogP contribution in [0.1, 0.15) is 33.6 Å². The Balaban J connectivity index is 3.59. The van der Waals surface area contributed by atoms with Crippen molar-refractivity contribution in [2.45, 2.75) is 44.9 Å². The summed E-state index contributed by atoms with van der Waals surface area (Å²) in [4.78, 5) is 0. The molecular formula is C11H23NS. The third-order valence-corrected chi connectivity index (χ3v) is 3.03. The van der Waals surface area contributed by atoms with E-state index in [0.29, 0.717) is 6.04 Å². The SMILES string of the molecule is C=CCC(CSC(C)C)NCCC. The Morgan fingerprint density at radius 3 is 2.62 bits per heavy atom. The number of thioether (sulfide) groups is 1.